The summed E-state index contributed by atoms with van der Waals surface area (Å²) in [5.74, 6) is -0.694. The largest absolute Gasteiger partial charge is 0.481 e. The molecule has 0 unspecified atom stereocenters. The van der Waals surface area contributed by atoms with E-state index in [4.69, 9.17) is 5.11 Å². The Bertz CT molecular complexity index is 229. The minimum absolute atomic E-state index is 0.125. The van der Waals surface area contributed by atoms with Gasteiger partial charge in [0.15, 0.2) is 0 Å². The Balaban J connectivity index is 3.16. The van der Waals surface area contributed by atoms with Crippen LogP contribution in [0.5, 0.6) is 0 Å². The molecule has 0 bridgehead atoms. The molecule has 126 valence electrons. The van der Waals surface area contributed by atoms with Gasteiger partial charge in [-0.25, -0.2) is 0 Å². The first-order valence-corrected chi connectivity index (χ1v) is 9.06. The molecule has 2 N–H and O–H groups in total. The smallest absolute Gasteiger partial charge is 0.303 e. The lowest BCUT2D eigenvalue weighted by Crippen LogP contribution is -2.05. The van der Waals surface area contributed by atoms with Crippen LogP contribution in [-0.2, 0) is 4.79 Å². The topological polar surface area (TPSA) is 57.5 Å². The predicted octanol–water partition coefficient (Wildman–Crippen LogP) is 5.30. The van der Waals surface area contributed by atoms with Crippen LogP contribution in [0.3, 0.4) is 0 Å². The lowest BCUT2D eigenvalue weighted by Gasteiger charge is -2.10. The van der Waals surface area contributed by atoms with E-state index in [-0.39, 0.29) is 6.10 Å². The predicted molar refractivity (Wildman–Crippen MR) is 88.6 cm³/mol. The third-order valence-corrected chi connectivity index (χ3v) is 4.07. The molecule has 0 aliphatic carbocycles. The summed E-state index contributed by atoms with van der Waals surface area (Å²) in [4.78, 5) is 10.3. The molecule has 0 aliphatic heterocycles. The quantitative estimate of drug-likeness (QED) is 0.380. The van der Waals surface area contributed by atoms with Gasteiger partial charge in [-0.3, -0.25) is 4.79 Å². The van der Waals surface area contributed by atoms with Gasteiger partial charge in [-0.05, 0) is 19.3 Å². The fraction of sp³-hybridized carbons (Fsp3) is 0.944. The molecular formula is C18H36O3. The van der Waals surface area contributed by atoms with Gasteiger partial charge in [0.05, 0.1) is 6.10 Å². The summed E-state index contributed by atoms with van der Waals surface area (Å²) in [6, 6.07) is 0. The molecule has 0 aliphatic rings. The van der Waals surface area contributed by atoms with Crippen molar-refractivity contribution in [3.8, 4) is 0 Å². The van der Waals surface area contributed by atoms with E-state index >= 15 is 0 Å². The molecule has 0 aromatic rings. The lowest BCUT2D eigenvalue weighted by atomic mass is 10.0. The second kappa shape index (κ2) is 15.8. The highest BCUT2D eigenvalue weighted by atomic mass is 16.4. The molecule has 0 aromatic carbocycles. The number of hydrogen-bond donors (Lipinski definition) is 2. The Kier molecular flexibility index (Phi) is 15.4. The minimum Gasteiger partial charge on any atom is -0.481 e. The number of carboxylic acid groups (broad SMARTS) is 1. The van der Waals surface area contributed by atoms with E-state index in [1.54, 1.807) is 0 Å². The van der Waals surface area contributed by atoms with E-state index in [2.05, 4.69) is 6.92 Å². The van der Waals surface area contributed by atoms with Crippen molar-refractivity contribution in [2.75, 3.05) is 0 Å². The Morgan fingerprint density at radius 2 is 1.19 bits per heavy atom. The molecule has 0 rings (SSSR count). The minimum atomic E-state index is -0.694. The van der Waals surface area contributed by atoms with E-state index in [9.17, 15) is 9.90 Å². The summed E-state index contributed by atoms with van der Waals surface area (Å²) >= 11 is 0. The number of aliphatic hydroxyl groups is 1. The molecular weight excluding hydrogens is 264 g/mol. The number of aliphatic carboxylic acids is 1. The first kappa shape index (κ1) is 20.4. The zero-order valence-corrected chi connectivity index (χ0v) is 14.0. The van der Waals surface area contributed by atoms with Crippen LogP contribution in [0.4, 0.5) is 0 Å². The zero-order chi connectivity index (χ0) is 15.8. The van der Waals surface area contributed by atoms with Crippen molar-refractivity contribution < 1.29 is 15.0 Å². The van der Waals surface area contributed by atoms with Crippen LogP contribution in [0.2, 0.25) is 0 Å². The van der Waals surface area contributed by atoms with E-state index in [1.165, 1.54) is 38.5 Å². The Labute approximate surface area is 131 Å². The maximum absolute atomic E-state index is 10.3. The highest BCUT2D eigenvalue weighted by Gasteiger charge is 2.04. The van der Waals surface area contributed by atoms with E-state index in [0.717, 1.165) is 51.4 Å². The summed E-state index contributed by atoms with van der Waals surface area (Å²) in [6.07, 6.45) is 16.2. The third kappa shape index (κ3) is 17.4. The van der Waals surface area contributed by atoms with Crippen molar-refractivity contribution in [1.29, 1.82) is 0 Å². The van der Waals surface area contributed by atoms with Crippen LogP contribution < -0.4 is 0 Å². The van der Waals surface area contributed by atoms with Crippen molar-refractivity contribution in [2.24, 2.45) is 0 Å². The van der Waals surface area contributed by atoms with Gasteiger partial charge in [-0.1, -0.05) is 77.6 Å². The normalized spacial score (nSPS) is 12.5. The van der Waals surface area contributed by atoms with Crippen molar-refractivity contribution >= 4 is 5.97 Å². The first-order valence-electron chi connectivity index (χ1n) is 9.06. The number of aliphatic hydroxyl groups excluding tert-OH is 1. The number of rotatable bonds is 16. The molecule has 0 spiro atoms. The molecule has 0 heterocycles. The van der Waals surface area contributed by atoms with Crippen LogP contribution in [0.15, 0.2) is 0 Å². The number of hydrogen-bond acceptors (Lipinski definition) is 2. The van der Waals surface area contributed by atoms with Gasteiger partial charge in [-0.2, -0.15) is 0 Å². The Morgan fingerprint density at radius 3 is 1.67 bits per heavy atom. The van der Waals surface area contributed by atoms with E-state index in [0.29, 0.717) is 6.42 Å². The van der Waals surface area contributed by atoms with E-state index < -0.39 is 5.97 Å². The maximum Gasteiger partial charge on any atom is 0.303 e. The summed E-state index contributed by atoms with van der Waals surface area (Å²) in [6.45, 7) is 2.24. The van der Waals surface area contributed by atoms with Gasteiger partial charge < -0.3 is 10.2 Å². The fourth-order valence-electron chi connectivity index (χ4n) is 2.67. The monoisotopic (exact) mass is 300 g/mol. The second-order valence-electron chi connectivity index (χ2n) is 6.26. The molecule has 0 fully saturated rings. The third-order valence-electron chi connectivity index (χ3n) is 4.07. The molecule has 0 saturated heterocycles. The van der Waals surface area contributed by atoms with Crippen LogP contribution in [0.25, 0.3) is 0 Å². The number of unbranched alkanes of at least 4 members (excludes halogenated alkanes) is 10. The van der Waals surface area contributed by atoms with Gasteiger partial charge in [0.1, 0.15) is 0 Å². The summed E-state index contributed by atoms with van der Waals surface area (Å²) < 4.78 is 0. The zero-order valence-electron chi connectivity index (χ0n) is 14.0. The van der Waals surface area contributed by atoms with Crippen LogP contribution in [0, 0.1) is 0 Å². The Hall–Kier alpha value is -0.570. The molecule has 0 aromatic heterocycles. The Morgan fingerprint density at radius 1 is 0.762 bits per heavy atom. The standard InChI is InChI=1S/C18H36O3/c1-2-3-4-5-6-8-11-14-17(19)15-12-9-7-10-13-16-18(20)21/h17,19H,2-16H2,1H3,(H,20,21)/t17-/m0/s1. The average Bonchev–Trinajstić information content (AvgIpc) is 2.45. The highest BCUT2D eigenvalue weighted by molar-refractivity contribution is 5.66. The number of carboxylic acids is 1. The molecule has 21 heavy (non-hydrogen) atoms. The van der Waals surface area contributed by atoms with Gasteiger partial charge in [0.2, 0.25) is 0 Å². The lowest BCUT2D eigenvalue weighted by molar-refractivity contribution is -0.137. The fourth-order valence-corrected chi connectivity index (χ4v) is 2.67. The van der Waals surface area contributed by atoms with Gasteiger partial charge >= 0.3 is 5.97 Å². The van der Waals surface area contributed by atoms with Gasteiger partial charge in [0, 0.05) is 6.42 Å². The first-order chi connectivity index (χ1) is 10.2. The molecule has 0 amide bonds. The SMILES string of the molecule is CCCCCCCCC[C@H](O)CCCCCCCC(=O)O. The van der Waals surface area contributed by atoms with E-state index in [1.807, 2.05) is 0 Å². The van der Waals surface area contributed by atoms with Gasteiger partial charge in [-0.15, -0.1) is 0 Å². The molecule has 3 heteroatoms. The summed E-state index contributed by atoms with van der Waals surface area (Å²) in [5, 5.41) is 18.4. The van der Waals surface area contributed by atoms with Crippen LogP contribution in [-0.4, -0.2) is 22.3 Å². The van der Waals surface area contributed by atoms with Crippen LogP contribution in [0.1, 0.15) is 103 Å². The molecule has 1 atom stereocenters. The highest BCUT2D eigenvalue weighted by Crippen LogP contribution is 2.14. The number of carbonyl (C=O) groups is 1. The summed E-state index contributed by atoms with van der Waals surface area (Å²) in [7, 11) is 0. The molecule has 0 radical (unpaired) electrons. The maximum atomic E-state index is 10.3. The van der Waals surface area contributed by atoms with Crippen molar-refractivity contribution in [2.45, 2.75) is 109 Å². The van der Waals surface area contributed by atoms with Crippen molar-refractivity contribution in [3.05, 3.63) is 0 Å². The van der Waals surface area contributed by atoms with Gasteiger partial charge in [0.25, 0.3) is 0 Å². The second-order valence-corrected chi connectivity index (χ2v) is 6.26. The molecule has 0 saturated carbocycles. The average molecular weight is 300 g/mol. The molecule has 3 nitrogen and oxygen atoms in total. The summed E-state index contributed by atoms with van der Waals surface area (Å²) in [5.41, 5.74) is 0. The van der Waals surface area contributed by atoms with Crippen LogP contribution >= 0.6 is 0 Å². The van der Waals surface area contributed by atoms with Crippen molar-refractivity contribution in [3.63, 3.8) is 0 Å². The van der Waals surface area contributed by atoms with Crippen molar-refractivity contribution in [1.82, 2.24) is 0 Å².